The Hall–Kier alpha value is -2.36. The molecule has 0 radical (unpaired) electrons. The molecule has 0 N–H and O–H groups in total. The molecule has 2 aliphatic carbocycles. The molecule has 0 saturated heterocycles. The van der Waals surface area contributed by atoms with Gasteiger partial charge in [0.25, 0.3) is 0 Å². The number of rotatable bonds is 8. The minimum absolute atomic E-state index is 0.769. The zero-order valence-electron chi connectivity index (χ0n) is 18.2. The average Bonchev–Trinajstić information content (AvgIpc) is 3.40. The highest BCUT2D eigenvalue weighted by atomic mass is 14.9. The van der Waals surface area contributed by atoms with Crippen molar-refractivity contribution in [3.8, 4) is 0 Å². The molecule has 4 nitrogen and oxygen atoms in total. The number of allylic oxidation sites excluding steroid dienone is 2. The monoisotopic (exact) mass is 404 g/mol. The van der Waals surface area contributed by atoms with Crippen LogP contribution in [0.15, 0.2) is 62.2 Å². The molecule has 0 spiro atoms. The standard InChI is InChI=1S/2C13H18N2/c2*1-2-5-11-6-3-7-12(11)10-13-14-8-4-9-15-13/h2*2,4,8-9,11-12H,1,3,5-7,10H2/t2*11-,12-/m10/s1. The van der Waals surface area contributed by atoms with Crippen LogP contribution < -0.4 is 0 Å². The zero-order valence-corrected chi connectivity index (χ0v) is 18.2. The first kappa shape index (κ1) is 22.3. The van der Waals surface area contributed by atoms with E-state index in [4.69, 9.17) is 0 Å². The van der Waals surface area contributed by atoms with E-state index in [1.807, 2.05) is 36.9 Å². The third kappa shape index (κ3) is 6.86. The van der Waals surface area contributed by atoms with Gasteiger partial charge in [0, 0.05) is 37.6 Å². The van der Waals surface area contributed by atoms with E-state index < -0.39 is 0 Å². The van der Waals surface area contributed by atoms with Gasteiger partial charge in [-0.15, -0.1) is 13.2 Å². The smallest absolute Gasteiger partial charge is 0.128 e. The molecular formula is C26H36N4. The van der Waals surface area contributed by atoms with Crippen LogP contribution in [-0.2, 0) is 12.8 Å². The van der Waals surface area contributed by atoms with Crippen molar-refractivity contribution < 1.29 is 0 Å². The molecule has 2 aromatic rings. The van der Waals surface area contributed by atoms with E-state index in [2.05, 4.69) is 45.2 Å². The quantitative estimate of drug-likeness (QED) is 0.505. The van der Waals surface area contributed by atoms with Crippen molar-refractivity contribution in [2.45, 2.75) is 64.2 Å². The Morgan fingerprint density at radius 3 is 1.37 bits per heavy atom. The largest absolute Gasteiger partial charge is 0.241 e. The van der Waals surface area contributed by atoms with E-state index in [0.717, 1.165) is 61.0 Å². The molecule has 2 saturated carbocycles. The van der Waals surface area contributed by atoms with Gasteiger partial charge in [-0.3, -0.25) is 0 Å². The second kappa shape index (κ2) is 12.4. The van der Waals surface area contributed by atoms with Crippen LogP contribution >= 0.6 is 0 Å². The first-order valence-corrected chi connectivity index (χ1v) is 11.5. The van der Waals surface area contributed by atoms with Crippen molar-refractivity contribution in [3.05, 3.63) is 73.9 Å². The van der Waals surface area contributed by atoms with Gasteiger partial charge in [-0.25, -0.2) is 19.9 Å². The fourth-order valence-electron chi connectivity index (χ4n) is 5.15. The predicted octanol–water partition coefficient (Wildman–Crippen LogP) is 6.02. The van der Waals surface area contributed by atoms with Crippen molar-refractivity contribution >= 4 is 0 Å². The van der Waals surface area contributed by atoms with Crippen molar-refractivity contribution in [2.75, 3.05) is 0 Å². The van der Waals surface area contributed by atoms with Gasteiger partial charge in [-0.1, -0.05) is 25.0 Å². The lowest BCUT2D eigenvalue weighted by atomic mass is 9.90. The summed E-state index contributed by atoms with van der Waals surface area (Å²) >= 11 is 0. The topological polar surface area (TPSA) is 51.6 Å². The summed E-state index contributed by atoms with van der Waals surface area (Å²) in [6, 6.07) is 3.75. The zero-order chi connectivity index (χ0) is 21.0. The van der Waals surface area contributed by atoms with Gasteiger partial charge in [0.15, 0.2) is 0 Å². The van der Waals surface area contributed by atoms with Crippen LogP contribution in [-0.4, -0.2) is 19.9 Å². The Kier molecular flexibility index (Phi) is 9.20. The van der Waals surface area contributed by atoms with E-state index in [-0.39, 0.29) is 0 Å². The summed E-state index contributed by atoms with van der Waals surface area (Å²) in [5.74, 6) is 5.16. The summed E-state index contributed by atoms with van der Waals surface area (Å²) in [6.07, 6.45) is 23.9. The third-order valence-corrected chi connectivity index (χ3v) is 6.70. The maximum atomic E-state index is 4.30. The van der Waals surface area contributed by atoms with Gasteiger partial charge < -0.3 is 0 Å². The lowest BCUT2D eigenvalue weighted by Gasteiger charge is -2.16. The summed E-state index contributed by atoms with van der Waals surface area (Å²) in [5.41, 5.74) is 0. The molecule has 2 fully saturated rings. The Bertz CT molecular complexity index is 681. The van der Waals surface area contributed by atoms with E-state index in [1.54, 1.807) is 0 Å². The van der Waals surface area contributed by atoms with Crippen LogP contribution in [0.3, 0.4) is 0 Å². The van der Waals surface area contributed by atoms with Crippen LogP contribution in [0.5, 0.6) is 0 Å². The number of hydrogen-bond donors (Lipinski definition) is 0. The summed E-state index contributed by atoms with van der Waals surface area (Å²) in [6.45, 7) is 7.67. The predicted molar refractivity (Wildman–Crippen MR) is 123 cm³/mol. The van der Waals surface area contributed by atoms with Gasteiger partial charge in [-0.05, 0) is 74.3 Å². The van der Waals surface area contributed by atoms with Crippen molar-refractivity contribution in [1.29, 1.82) is 0 Å². The van der Waals surface area contributed by atoms with Crippen LogP contribution in [0, 0.1) is 23.7 Å². The molecule has 30 heavy (non-hydrogen) atoms. The van der Waals surface area contributed by atoms with Crippen LogP contribution in [0.4, 0.5) is 0 Å². The van der Waals surface area contributed by atoms with Gasteiger partial charge in [-0.2, -0.15) is 0 Å². The Morgan fingerprint density at radius 1 is 0.633 bits per heavy atom. The number of aromatic nitrogens is 4. The Labute approximate surface area is 182 Å². The molecule has 0 aliphatic heterocycles. The second-order valence-electron chi connectivity index (χ2n) is 8.69. The molecule has 2 aromatic heterocycles. The van der Waals surface area contributed by atoms with Gasteiger partial charge in [0.2, 0.25) is 0 Å². The molecule has 0 aromatic carbocycles. The molecular weight excluding hydrogens is 368 g/mol. The minimum atomic E-state index is 0.769. The summed E-state index contributed by atoms with van der Waals surface area (Å²) < 4.78 is 0. The SMILES string of the molecule is C=CC[C@@H]1CCC[C@@H]1Cc1ncccn1.C=CC[C@H]1CCC[C@H]1Cc1ncccn1. The van der Waals surface area contributed by atoms with Crippen LogP contribution in [0.25, 0.3) is 0 Å². The highest BCUT2D eigenvalue weighted by Crippen LogP contribution is 2.36. The maximum Gasteiger partial charge on any atom is 0.128 e. The average molecular weight is 405 g/mol. The first-order valence-electron chi connectivity index (χ1n) is 11.5. The first-order chi connectivity index (χ1) is 14.8. The molecule has 0 unspecified atom stereocenters. The number of hydrogen-bond acceptors (Lipinski definition) is 4. The Morgan fingerprint density at radius 2 is 1.00 bits per heavy atom. The van der Waals surface area contributed by atoms with E-state index >= 15 is 0 Å². The normalized spacial score (nSPS) is 25.3. The van der Waals surface area contributed by atoms with Crippen molar-refractivity contribution in [2.24, 2.45) is 23.7 Å². The highest BCUT2D eigenvalue weighted by Gasteiger charge is 2.27. The summed E-state index contributed by atoms with van der Waals surface area (Å²) in [5, 5.41) is 0. The fraction of sp³-hybridized carbons (Fsp3) is 0.538. The Balaban J connectivity index is 0.000000171. The second-order valence-corrected chi connectivity index (χ2v) is 8.69. The summed E-state index contributed by atoms with van der Waals surface area (Å²) in [7, 11) is 0. The van der Waals surface area contributed by atoms with E-state index in [1.165, 1.54) is 38.5 Å². The van der Waals surface area contributed by atoms with Gasteiger partial charge >= 0.3 is 0 Å². The molecule has 4 rings (SSSR count). The molecule has 160 valence electrons. The highest BCUT2D eigenvalue weighted by molar-refractivity contribution is 4.95. The summed E-state index contributed by atoms with van der Waals surface area (Å²) in [4.78, 5) is 17.2. The lowest BCUT2D eigenvalue weighted by molar-refractivity contribution is 0.382. The molecule has 0 amide bonds. The third-order valence-electron chi connectivity index (χ3n) is 6.70. The molecule has 4 heteroatoms. The molecule has 2 aliphatic rings. The van der Waals surface area contributed by atoms with Crippen molar-refractivity contribution in [3.63, 3.8) is 0 Å². The molecule has 2 heterocycles. The van der Waals surface area contributed by atoms with Crippen molar-refractivity contribution in [1.82, 2.24) is 19.9 Å². The molecule has 0 bridgehead atoms. The fourth-order valence-corrected chi connectivity index (χ4v) is 5.15. The van der Waals surface area contributed by atoms with Gasteiger partial charge in [0.05, 0.1) is 0 Å². The van der Waals surface area contributed by atoms with E-state index in [0.29, 0.717) is 0 Å². The van der Waals surface area contributed by atoms with Crippen LogP contribution in [0.1, 0.15) is 63.0 Å². The van der Waals surface area contributed by atoms with E-state index in [9.17, 15) is 0 Å². The number of nitrogens with zero attached hydrogens (tertiary/aromatic N) is 4. The lowest BCUT2D eigenvalue weighted by Crippen LogP contribution is -2.12. The van der Waals surface area contributed by atoms with Crippen LogP contribution in [0.2, 0.25) is 0 Å². The maximum absolute atomic E-state index is 4.30. The minimum Gasteiger partial charge on any atom is -0.241 e. The van der Waals surface area contributed by atoms with Gasteiger partial charge in [0.1, 0.15) is 11.6 Å². The molecule has 4 atom stereocenters.